The Balaban J connectivity index is 2.29. The molecular formula is C16H19ClN2O3S. The molecule has 1 aromatic heterocycles. The standard InChI is InChI=1S/C16H19ClN2O3S/c1-9(2)19-15(20)16(21-3)22-11-5-10-6-12(23-4)8-18-14(10)13(17)7-11/h5-9,16H,1-4H3,(H,19,20). The number of benzene rings is 1. The highest BCUT2D eigenvalue weighted by Crippen LogP contribution is 2.30. The van der Waals surface area contributed by atoms with Crippen LogP contribution in [0.15, 0.2) is 29.3 Å². The maximum absolute atomic E-state index is 12.0. The zero-order chi connectivity index (χ0) is 17.0. The van der Waals surface area contributed by atoms with E-state index in [1.54, 1.807) is 30.1 Å². The Labute approximate surface area is 144 Å². The molecule has 0 aliphatic carbocycles. The number of rotatable bonds is 6. The number of carbonyl (C=O) groups is 1. The Kier molecular flexibility index (Phi) is 6.10. The maximum Gasteiger partial charge on any atom is 0.289 e. The Morgan fingerprint density at radius 1 is 1.35 bits per heavy atom. The van der Waals surface area contributed by atoms with E-state index < -0.39 is 6.29 Å². The van der Waals surface area contributed by atoms with Gasteiger partial charge in [-0.05, 0) is 32.2 Å². The monoisotopic (exact) mass is 354 g/mol. The summed E-state index contributed by atoms with van der Waals surface area (Å²) in [4.78, 5) is 17.4. The normalized spacial score (nSPS) is 12.4. The third-order valence-corrected chi connectivity index (χ3v) is 4.01. The number of fused-ring (bicyclic) bond motifs is 1. The SMILES string of the molecule is COC(Oc1cc(Cl)c2ncc(SC)cc2c1)C(=O)NC(C)C. The molecule has 1 amide bonds. The first-order chi connectivity index (χ1) is 10.9. The summed E-state index contributed by atoms with van der Waals surface area (Å²) in [5.74, 6) is 0.114. The number of ether oxygens (including phenoxy) is 2. The van der Waals surface area contributed by atoms with Crippen LogP contribution in [0.5, 0.6) is 5.75 Å². The molecule has 0 aliphatic heterocycles. The maximum atomic E-state index is 12.0. The molecule has 5 nitrogen and oxygen atoms in total. The highest BCUT2D eigenvalue weighted by Gasteiger charge is 2.21. The number of carbonyl (C=O) groups excluding carboxylic acids is 1. The zero-order valence-corrected chi connectivity index (χ0v) is 15.0. The van der Waals surface area contributed by atoms with Crippen LogP contribution in [0, 0.1) is 0 Å². The summed E-state index contributed by atoms with van der Waals surface area (Å²) in [6, 6.07) is 5.39. The predicted octanol–water partition coefficient (Wildman–Crippen LogP) is 3.49. The van der Waals surface area contributed by atoms with Crippen molar-refractivity contribution in [1.82, 2.24) is 10.3 Å². The van der Waals surface area contributed by atoms with Crippen molar-refractivity contribution in [1.29, 1.82) is 0 Å². The van der Waals surface area contributed by atoms with Crippen LogP contribution >= 0.6 is 23.4 Å². The minimum absolute atomic E-state index is 0.00252. The second kappa shape index (κ2) is 7.86. The molecule has 0 fully saturated rings. The van der Waals surface area contributed by atoms with Gasteiger partial charge in [0.2, 0.25) is 0 Å². The predicted molar refractivity (Wildman–Crippen MR) is 93.2 cm³/mol. The zero-order valence-electron chi connectivity index (χ0n) is 13.4. The molecule has 2 aromatic rings. The summed E-state index contributed by atoms with van der Waals surface area (Å²) < 4.78 is 10.8. The number of amides is 1. The van der Waals surface area contributed by atoms with Gasteiger partial charge in [-0.1, -0.05) is 11.6 Å². The van der Waals surface area contributed by atoms with Crippen molar-refractivity contribution in [2.24, 2.45) is 0 Å². The summed E-state index contributed by atoms with van der Waals surface area (Å²) in [5, 5.41) is 4.05. The first-order valence-electron chi connectivity index (χ1n) is 7.07. The minimum atomic E-state index is -1.04. The van der Waals surface area contributed by atoms with Crippen molar-refractivity contribution in [2.45, 2.75) is 31.1 Å². The molecule has 23 heavy (non-hydrogen) atoms. The van der Waals surface area contributed by atoms with Gasteiger partial charge in [-0.15, -0.1) is 11.8 Å². The van der Waals surface area contributed by atoms with Crippen molar-refractivity contribution in [2.75, 3.05) is 13.4 Å². The van der Waals surface area contributed by atoms with Gasteiger partial charge in [0.1, 0.15) is 5.75 Å². The highest BCUT2D eigenvalue weighted by atomic mass is 35.5. The smallest absolute Gasteiger partial charge is 0.289 e. The molecule has 0 saturated heterocycles. The molecule has 7 heteroatoms. The van der Waals surface area contributed by atoms with Crippen LogP contribution in [-0.4, -0.2) is 36.6 Å². The summed E-state index contributed by atoms with van der Waals surface area (Å²) in [7, 11) is 1.42. The van der Waals surface area contributed by atoms with Gasteiger partial charge in [0.05, 0.1) is 10.5 Å². The van der Waals surface area contributed by atoms with E-state index in [9.17, 15) is 4.79 Å². The molecule has 1 atom stereocenters. The number of aromatic nitrogens is 1. The lowest BCUT2D eigenvalue weighted by molar-refractivity contribution is -0.148. The number of pyridine rings is 1. The van der Waals surface area contributed by atoms with Gasteiger partial charge in [-0.2, -0.15) is 0 Å². The molecule has 0 radical (unpaired) electrons. The first kappa shape index (κ1) is 17.8. The molecule has 0 aliphatic rings. The molecule has 1 heterocycles. The second-order valence-electron chi connectivity index (χ2n) is 5.20. The molecule has 0 saturated carbocycles. The van der Waals surface area contributed by atoms with Crippen LogP contribution in [-0.2, 0) is 9.53 Å². The number of methoxy groups -OCH3 is 1. The second-order valence-corrected chi connectivity index (χ2v) is 6.49. The van der Waals surface area contributed by atoms with Crippen molar-refractivity contribution >= 4 is 40.2 Å². The van der Waals surface area contributed by atoms with E-state index in [0.29, 0.717) is 16.3 Å². The summed E-state index contributed by atoms with van der Waals surface area (Å²) in [5.41, 5.74) is 0.692. The van der Waals surface area contributed by atoms with E-state index in [1.165, 1.54) is 7.11 Å². The van der Waals surface area contributed by atoms with Crippen LogP contribution < -0.4 is 10.1 Å². The van der Waals surface area contributed by atoms with E-state index in [4.69, 9.17) is 21.1 Å². The largest absolute Gasteiger partial charge is 0.455 e. The van der Waals surface area contributed by atoms with Gasteiger partial charge >= 0.3 is 0 Å². The average Bonchev–Trinajstić information content (AvgIpc) is 2.51. The van der Waals surface area contributed by atoms with Crippen molar-refractivity contribution in [3.05, 3.63) is 29.4 Å². The van der Waals surface area contributed by atoms with Crippen LogP contribution in [0.2, 0.25) is 5.02 Å². The Bertz CT molecular complexity index is 709. The van der Waals surface area contributed by atoms with E-state index in [0.717, 1.165) is 10.3 Å². The van der Waals surface area contributed by atoms with Crippen LogP contribution in [0.1, 0.15) is 13.8 Å². The van der Waals surface area contributed by atoms with Gasteiger partial charge in [0.25, 0.3) is 12.2 Å². The Morgan fingerprint density at radius 2 is 2.09 bits per heavy atom. The van der Waals surface area contributed by atoms with E-state index in [2.05, 4.69) is 10.3 Å². The van der Waals surface area contributed by atoms with Crippen LogP contribution in [0.25, 0.3) is 10.9 Å². The topological polar surface area (TPSA) is 60.5 Å². The van der Waals surface area contributed by atoms with Gasteiger partial charge in [0, 0.05) is 35.7 Å². The fourth-order valence-electron chi connectivity index (χ4n) is 2.02. The lowest BCUT2D eigenvalue weighted by Crippen LogP contribution is -2.42. The van der Waals surface area contributed by atoms with Crippen molar-refractivity contribution in [3.63, 3.8) is 0 Å². The van der Waals surface area contributed by atoms with E-state index in [-0.39, 0.29) is 11.9 Å². The quantitative estimate of drug-likeness (QED) is 0.635. The highest BCUT2D eigenvalue weighted by molar-refractivity contribution is 7.98. The molecular weight excluding hydrogens is 336 g/mol. The molecule has 2 rings (SSSR count). The molecule has 1 aromatic carbocycles. The minimum Gasteiger partial charge on any atom is -0.455 e. The lowest BCUT2D eigenvalue weighted by atomic mass is 10.2. The van der Waals surface area contributed by atoms with Crippen LogP contribution in [0.4, 0.5) is 0 Å². The number of nitrogens with zero attached hydrogens (tertiary/aromatic N) is 1. The van der Waals surface area contributed by atoms with Gasteiger partial charge < -0.3 is 14.8 Å². The number of halogens is 1. The third-order valence-electron chi connectivity index (χ3n) is 3.02. The summed E-state index contributed by atoms with van der Waals surface area (Å²) in [6.45, 7) is 3.74. The number of nitrogens with one attached hydrogen (secondary N) is 1. The van der Waals surface area contributed by atoms with Crippen molar-refractivity contribution in [3.8, 4) is 5.75 Å². The van der Waals surface area contributed by atoms with Crippen molar-refractivity contribution < 1.29 is 14.3 Å². The lowest BCUT2D eigenvalue weighted by Gasteiger charge is -2.19. The van der Waals surface area contributed by atoms with E-state index in [1.807, 2.05) is 26.2 Å². The third kappa shape index (κ3) is 4.50. The molecule has 0 bridgehead atoms. The number of hydrogen-bond donors (Lipinski definition) is 1. The van der Waals surface area contributed by atoms with Gasteiger partial charge in [-0.3, -0.25) is 9.78 Å². The average molecular weight is 355 g/mol. The fourth-order valence-corrected chi connectivity index (χ4v) is 2.69. The van der Waals surface area contributed by atoms with E-state index >= 15 is 0 Å². The fraction of sp³-hybridized carbons (Fsp3) is 0.375. The summed E-state index contributed by atoms with van der Waals surface area (Å²) in [6.07, 6.45) is 2.71. The first-order valence-corrected chi connectivity index (χ1v) is 8.68. The molecule has 0 spiro atoms. The number of thioether (sulfide) groups is 1. The summed E-state index contributed by atoms with van der Waals surface area (Å²) >= 11 is 7.85. The van der Waals surface area contributed by atoms with Gasteiger partial charge in [-0.25, -0.2) is 0 Å². The number of hydrogen-bond acceptors (Lipinski definition) is 5. The molecule has 124 valence electrons. The van der Waals surface area contributed by atoms with Gasteiger partial charge in [0.15, 0.2) is 0 Å². The molecule has 1 unspecified atom stereocenters. The Morgan fingerprint density at radius 3 is 2.70 bits per heavy atom. The Hall–Kier alpha value is -1.50. The molecule has 1 N–H and O–H groups in total. The van der Waals surface area contributed by atoms with Crippen LogP contribution in [0.3, 0.4) is 0 Å².